The number of pyridine rings is 1. The molecule has 0 aliphatic rings. The van der Waals surface area contributed by atoms with Gasteiger partial charge in [-0.3, -0.25) is 5.32 Å². The van der Waals surface area contributed by atoms with Crippen LogP contribution in [0.4, 0.5) is 10.6 Å². The summed E-state index contributed by atoms with van der Waals surface area (Å²) in [5, 5.41) is 2.54. The third-order valence-corrected chi connectivity index (χ3v) is 1.46. The van der Waals surface area contributed by atoms with E-state index in [1.165, 1.54) is 0 Å². The lowest BCUT2D eigenvalue weighted by Gasteiger charge is -2.08. The number of nitrogens with zero attached hydrogens (tertiary/aromatic N) is 1. The lowest BCUT2D eigenvalue weighted by atomic mass is 10.4. The van der Waals surface area contributed by atoms with Crippen LogP contribution in [0.1, 0.15) is 19.5 Å². The van der Waals surface area contributed by atoms with Gasteiger partial charge in [0.2, 0.25) is 0 Å². The summed E-state index contributed by atoms with van der Waals surface area (Å²) in [6.07, 6.45) is -0.599. The van der Waals surface area contributed by atoms with Crippen molar-refractivity contribution in [3.05, 3.63) is 23.9 Å². The number of aromatic nitrogens is 1. The minimum atomic E-state index is -0.474. The minimum absolute atomic E-state index is 0.125. The molecule has 0 unspecified atom stereocenters. The lowest BCUT2D eigenvalue weighted by molar-refractivity contribution is 0.130. The highest BCUT2D eigenvalue weighted by molar-refractivity contribution is 5.83. The molecule has 1 rings (SSSR count). The van der Waals surface area contributed by atoms with E-state index < -0.39 is 6.09 Å². The highest BCUT2D eigenvalue weighted by Crippen LogP contribution is 2.04. The summed E-state index contributed by atoms with van der Waals surface area (Å²) in [7, 11) is 0. The monoisotopic (exact) mass is 194 g/mol. The van der Waals surface area contributed by atoms with Crippen molar-refractivity contribution in [2.75, 3.05) is 5.32 Å². The van der Waals surface area contributed by atoms with Gasteiger partial charge in [-0.15, -0.1) is 0 Å². The summed E-state index contributed by atoms with van der Waals surface area (Å²) >= 11 is 0. The van der Waals surface area contributed by atoms with Crippen molar-refractivity contribution in [2.45, 2.75) is 26.9 Å². The van der Waals surface area contributed by atoms with Crippen LogP contribution in [0.15, 0.2) is 18.2 Å². The Balaban J connectivity index is 2.56. The number of hydrogen-bond donors (Lipinski definition) is 1. The van der Waals surface area contributed by atoms with Crippen LogP contribution in [0, 0.1) is 6.92 Å². The summed E-state index contributed by atoms with van der Waals surface area (Å²) < 4.78 is 4.90. The first-order chi connectivity index (χ1) is 6.58. The number of rotatable bonds is 2. The van der Waals surface area contributed by atoms with Gasteiger partial charge in [-0.05, 0) is 32.9 Å². The van der Waals surface area contributed by atoms with Crippen molar-refractivity contribution in [2.24, 2.45) is 0 Å². The quantitative estimate of drug-likeness (QED) is 0.786. The van der Waals surface area contributed by atoms with Crippen molar-refractivity contribution in [1.29, 1.82) is 0 Å². The number of hydrogen-bond acceptors (Lipinski definition) is 3. The molecule has 0 bridgehead atoms. The Morgan fingerprint density at radius 3 is 2.79 bits per heavy atom. The fourth-order valence-electron chi connectivity index (χ4n) is 0.961. The maximum atomic E-state index is 11.2. The van der Waals surface area contributed by atoms with Crippen molar-refractivity contribution in [3.63, 3.8) is 0 Å². The van der Waals surface area contributed by atoms with Crippen LogP contribution in [0.5, 0.6) is 0 Å². The molecule has 14 heavy (non-hydrogen) atoms. The highest BCUT2D eigenvalue weighted by atomic mass is 16.6. The van der Waals surface area contributed by atoms with Crippen LogP contribution in [0.2, 0.25) is 0 Å². The molecule has 4 heteroatoms. The normalized spacial score (nSPS) is 10.0. The van der Waals surface area contributed by atoms with E-state index in [1.54, 1.807) is 19.9 Å². The summed E-state index contributed by atoms with van der Waals surface area (Å²) in [6, 6.07) is 5.40. The Kier molecular flexibility index (Phi) is 3.45. The van der Waals surface area contributed by atoms with Gasteiger partial charge in [-0.1, -0.05) is 6.07 Å². The topological polar surface area (TPSA) is 51.2 Å². The van der Waals surface area contributed by atoms with Crippen LogP contribution < -0.4 is 5.32 Å². The number of amides is 1. The van der Waals surface area contributed by atoms with Crippen molar-refractivity contribution in [3.8, 4) is 0 Å². The first kappa shape index (κ1) is 10.5. The van der Waals surface area contributed by atoms with Crippen molar-refractivity contribution >= 4 is 11.9 Å². The van der Waals surface area contributed by atoms with Crippen LogP contribution in [0.25, 0.3) is 0 Å². The van der Waals surface area contributed by atoms with Crippen molar-refractivity contribution in [1.82, 2.24) is 4.98 Å². The van der Waals surface area contributed by atoms with E-state index in [-0.39, 0.29) is 6.10 Å². The third-order valence-electron chi connectivity index (χ3n) is 1.46. The van der Waals surface area contributed by atoms with E-state index in [0.717, 1.165) is 5.69 Å². The molecule has 0 aliphatic carbocycles. The Hall–Kier alpha value is -1.58. The number of carbonyl (C=O) groups is 1. The molecule has 4 nitrogen and oxygen atoms in total. The van der Waals surface area contributed by atoms with E-state index >= 15 is 0 Å². The number of carbonyl (C=O) groups excluding carboxylic acids is 1. The molecule has 1 aromatic heterocycles. The SMILES string of the molecule is Cc1cccc(NC(=O)OC(C)C)n1. The van der Waals surface area contributed by atoms with E-state index in [1.807, 2.05) is 19.1 Å². The third kappa shape index (κ3) is 3.43. The van der Waals surface area contributed by atoms with Gasteiger partial charge in [-0.25, -0.2) is 9.78 Å². The Morgan fingerprint density at radius 2 is 2.21 bits per heavy atom. The molecule has 76 valence electrons. The van der Waals surface area contributed by atoms with Crippen LogP contribution in [-0.4, -0.2) is 17.2 Å². The predicted octanol–water partition coefficient (Wildman–Crippen LogP) is 2.35. The fraction of sp³-hybridized carbons (Fsp3) is 0.400. The standard InChI is InChI=1S/C10H14N2O2/c1-7(2)14-10(13)12-9-6-4-5-8(3)11-9/h4-7H,1-3H3,(H,11,12,13). The number of nitrogens with one attached hydrogen (secondary N) is 1. The molecule has 0 aliphatic heterocycles. The molecule has 1 amide bonds. The smallest absolute Gasteiger partial charge is 0.413 e. The first-order valence-corrected chi connectivity index (χ1v) is 4.49. The second-order valence-electron chi connectivity index (χ2n) is 3.24. The molecule has 1 aromatic rings. The average Bonchev–Trinajstić information content (AvgIpc) is 2.01. The lowest BCUT2D eigenvalue weighted by Crippen LogP contribution is -2.18. The molecule has 0 aromatic carbocycles. The van der Waals surface area contributed by atoms with Gasteiger partial charge in [0.05, 0.1) is 6.10 Å². The van der Waals surface area contributed by atoms with E-state index in [9.17, 15) is 4.79 Å². The zero-order chi connectivity index (χ0) is 10.6. The summed E-state index contributed by atoms with van der Waals surface area (Å²) in [5.74, 6) is 0.510. The summed E-state index contributed by atoms with van der Waals surface area (Å²) in [4.78, 5) is 15.3. The van der Waals surface area contributed by atoms with Gasteiger partial charge in [-0.2, -0.15) is 0 Å². The van der Waals surface area contributed by atoms with Gasteiger partial charge in [0, 0.05) is 5.69 Å². The predicted molar refractivity (Wildman–Crippen MR) is 54.2 cm³/mol. The average molecular weight is 194 g/mol. The van der Waals surface area contributed by atoms with Gasteiger partial charge >= 0.3 is 6.09 Å². The maximum Gasteiger partial charge on any atom is 0.413 e. The molecule has 0 atom stereocenters. The zero-order valence-corrected chi connectivity index (χ0v) is 8.57. The molecule has 0 saturated heterocycles. The fourth-order valence-corrected chi connectivity index (χ4v) is 0.961. The minimum Gasteiger partial charge on any atom is -0.447 e. The van der Waals surface area contributed by atoms with Crippen LogP contribution in [0.3, 0.4) is 0 Å². The second kappa shape index (κ2) is 4.60. The summed E-state index contributed by atoms with van der Waals surface area (Å²) in [6.45, 7) is 5.45. The van der Waals surface area contributed by atoms with E-state index in [0.29, 0.717) is 5.82 Å². The van der Waals surface area contributed by atoms with E-state index in [4.69, 9.17) is 4.74 Å². The number of anilines is 1. The zero-order valence-electron chi connectivity index (χ0n) is 8.57. The largest absolute Gasteiger partial charge is 0.447 e. The van der Waals surface area contributed by atoms with Gasteiger partial charge in [0.15, 0.2) is 0 Å². The molecule has 0 fully saturated rings. The van der Waals surface area contributed by atoms with E-state index in [2.05, 4.69) is 10.3 Å². The highest BCUT2D eigenvalue weighted by Gasteiger charge is 2.05. The molecule has 0 radical (unpaired) electrons. The summed E-state index contributed by atoms with van der Waals surface area (Å²) in [5.41, 5.74) is 0.854. The molecule has 0 spiro atoms. The van der Waals surface area contributed by atoms with Crippen LogP contribution >= 0.6 is 0 Å². The molecule has 1 heterocycles. The Morgan fingerprint density at radius 1 is 1.50 bits per heavy atom. The van der Waals surface area contributed by atoms with Gasteiger partial charge in [0.1, 0.15) is 5.82 Å². The molecule has 0 saturated carbocycles. The van der Waals surface area contributed by atoms with Crippen molar-refractivity contribution < 1.29 is 9.53 Å². The first-order valence-electron chi connectivity index (χ1n) is 4.49. The molecular formula is C10H14N2O2. The van der Waals surface area contributed by atoms with Crippen LogP contribution in [-0.2, 0) is 4.74 Å². The molecule has 1 N–H and O–H groups in total. The maximum absolute atomic E-state index is 11.2. The van der Waals surface area contributed by atoms with Gasteiger partial charge < -0.3 is 4.74 Å². The Labute approximate surface area is 83.3 Å². The molecular weight excluding hydrogens is 180 g/mol. The number of ether oxygens (including phenoxy) is 1. The number of aryl methyl sites for hydroxylation is 1. The van der Waals surface area contributed by atoms with Gasteiger partial charge in [0.25, 0.3) is 0 Å². The Bertz CT molecular complexity index is 324. The second-order valence-corrected chi connectivity index (χ2v) is 3.24.